The predicted octanol–water partition coefficient (Wildman–Crippen LogP) is 4.90. The molecule has 1 aromatic heterocycles. The van der Waals surface area contributed by atoms with Gasteiger partial charge in [0.05, 0.1) is 16.4 Å². The summed E-state index contributed by atoms with van der Waals surface area (Å²) in [5.74, 6) is 1.39. The highest BCUT2D eigenvalue weighted by Gasteiger charge is 2.31. The van der Waals surface area contributed by atoms with Crippen molar-refractivity contribution in [2.45, 2.75) is 32.2 Å². The van der Waals surface area contributed by atoms with Gasteiger partial charge >= 0.3 is 0 Å². The van der Waals surface area contributed by atoms with Crippen molar-refractivity contribution in [3.8, 4) is 0 Å². The summed E-state index contributed by atoms with van der Waals surface area (Å²) in [7, 11) is 3.97. The van der Waals surface area contributed by atoms with Crippen molar-refractivity contribution < 1.29 is 4.74 Å². The molecule has 0 saturated carbocycles. The van der Waals surface area contributed by atoms with Gasteiger partial charge in [0.1, 0.15) is 10.7 Å². The predicted molar refractivity (Wildman–Crippen MR) is 131 cm³/mol. The lowest BCUT2D eigenvalue weighted by molar-refractivity contribution is 0.100. The van der Waals surface area contributed by atoms with E-state index in [2.05, 4.69) is 48.1 Å². The lowest BCUT2D eigenvalue weighted by Crippen LogP contribution is -2.53. The number of amidine groups is 1. The number of para-hydroxylation sites is 2. The average Bonchev–Trinajstić information content (AvgIpc) is 3.04. The average molecular weight is 472 g/mol. The lowest BCUT2D eigenvalue weighted by atomic mass is 10.1. The Kier molecular flexibility index (Phi) is 8.94. The topological polar surface area (TPSA) is 53.0 Å². The third-order valence-electron chi connectivity index (χ3n) is 5.46. The fourth-order valence-electron chi connectivity index (χ4n) is 3.71. The first-order chi connectivity index (χ1) is 13.6. The largest absolute Gasteiger partial charge is 0.385 e. The Bertz CT molecular complexity index is 873. The first-order valence-corrected chi connectivity index (χ1v) is 10.8. The highest BCUT2D eigenvalue weighted by Crippen LogP contribution is 2.39. The van der Waals surface area contributed by atoms with Crippen molar-refractivity contribution >= 4 is 58.4 Å². The number of halogens is 2. The second-order valence-electron chi connectivity index (χ2n) is 7.82. The summed E-state index contributed by atoms with van der Waals surface area (Å²) < 4.78 is 5.33. The Balaban J connectivity index is 0.00000160. The maximum atomic E-state index is 5.33. The second kappa shape index (κ2) is 10.8. The van der Waals surface area contributed by atoms with E-state index in [-0.39, 0.29) is 24.8 Å². The highest BCUT2D eigenvalue weighted by molar-refractivity contribution is 7.16. The molecule has 4 rings (SSSR count). The molecule has 1 atom stereocenters. The van der Waals surface area contributed by atoms with Gasteiger partial charge in [-0.2, -0.15) is 0 Å². The Labute approximate surface area is 195 Å². The van der Waals surface area contributed by atoms with Crippen LogP contribution in [0.4, 0.5) is 16.4 Å². The normalized spacial score (nSPS) is 18.4. The number of fused-ring (bicyclic) bond motifs is 2. The van der Waals surface area contributed by atoms with Crippen LogP contribution in [0.25, 0.3) is 0 Å². The number of rotatable bonds is 4. The highest BCUT2D eigenvalue weighted by atomic mass is 35.5. The number of aliphatic imine (C=N–C) groups is 1. The van der Waals surface area contributed by atoms with E-state index in [9.17, 15) is 0 Å². The fraction of sp³-hybridized carbons (Fsp3) is 0.524. The molecular formula is C21H31Cl2N5OS. The smallest absolute Gasteiger partial charge is 0.158 e. The van der Waals surface area contributed by atoms with Crippen molar-refractivity contribution in [3.63, 3.8) is 0 Å². The van der Waals surface area contributed by atoms with Gasteiger partial charge in [-0.25, -0.2) is 9.98 Å². The summed E-state index contributed by atoms with van der Waals surface area (Å²) in [6.07, 6.45) is 1.02. The van der Waals surface area contributed by atoms with Gasteiger partial charge in [-0.1, -0.05) is 26.0 Å². The molecule has 2 aromatic rings. The molecule has 2 aliphatic rings. The Morgan fingerprint density at radius 2 is 2.00 bits per heavy atom. The van der Waals surface area contributed by atoms with Crippen LogP contribution in [-0.4, -0.2) is 67.1 Å². The summed E-state index contributed by atoms with van der Waals surface area (Å²) in [6, 6.07) is 8.70. The van der Waals surface area contributed by atoms with Crippen molar-refractivity contribution in [1.29, 1.82) is 0 Å². The minimum absolute atomic E-state index is 0. The minimum atomic E-state index is 0. The van der Waals surface area contributed by atoms with Crippen LogP contribution in [0.15, 0.2) is 29.3 Å². The molecule has 166 valence electrons. The monoisotopic (exact) mass is 471 g/mol. The van der Waals surface area contributed by atoms with E-state index in [1.165, 1.54) is 0 Å². The first kappa shape index (κ1) is 24.9. The molecule has 1 N–H and O–H groups in total. The maximum absolute atomic E-state index is 5.33. The molecule has 1 unspecified atom stereocenters. The number of benzene rings is 1. The fourth-order valence-corrected chi connectivity index (χ4v) is 4.69. The molecule has 0 aliphatic carbocycles. The summed E-state index contributed by atoms with van der Waals surface area (Å²) in [6.45, 7) is 8.07. The van der Waals surface area contributed by atoms with Crippen LogP contribution in [0, 0.1) is 0 Å². The summed E-state index contributed by atoms with van der Waals surface area (Å²) in [5.41, 5.74) is 3.00. The zero-order valence-electron chi connectivity index (χ0n) is 17.9. The summed E-state index contributed by atoms with van der Waals surface area (Å²) in [4.78, 5) is 14.9. The number of hydrogen-bond acceptors (Lipinski definition) is 7. The van der Waals surface area contributed by atoms with Crippen molar-refractivity contribution in [2.75, 3.05) is 45.7 Å². The van der Waals surface area contributed by atoms with Gasteiger partial charge in [-0.05, 0) is 25.6 Å². The molecule has 30 heavy (non-hydrogen) atoms. The van der Waals surface area contributed by atoms with Gasteiger partial charge in [0.15, 0.2) is 5.84 Å². The van der Waals surface area contributed by atoms with E-state index in [1.807, 2.05) is 12.1 Å². The molecule has 0 radical (unpaired) electrons. The van der Waals surface area contributed by atoms with Gasteiger partial charge in [0, 0.05) is 45.3 Å². The quantitative estimate of drug-likeness (QED) is 0.686. The van der Waals surface area contributed by atoms with Crippen LogP contribution >= 0.6 is 36.2 Å². The molecule has 9 heteroatoms. The van der Waals surface area contributed by atoms with E-state index in [4.69, 9.17) is 14.7 Å². The molecule has 1 saturated heterocycles. The van der Waals surface area contributed by atoms with E-state index < -0.39 is 0 Å². The number of nitrogens with one attached hydrogen (secondary N) is 1. The van der Waals surface area contributed by atoms with Crippen molar-refractivity contribution in [3.05, 3.63) is 35.0 Å². The molecule has 0 spiro atoms. The number of ether oxygens (including phenoxy) is 1. The third-order valence-corrected chi connectivity index (χ3v) is 6.73. The lowest BCUT2D eigenvalue weighted by Gasteiger charge is -2.40. The van der Waals surface area contributed by atoms with E-state index >= 15 is 0 Å². The SMILES string of the molecule is COCCC1CN(C2=Nc3ccccc3Nc3sc(C(C)C)nc32)CCN1C.Cl.Cl. The molecule has 6 nitrogen and oxygen atoms in total. The van der Waals surface area contributed by atoms with Crippen molar-refractivity contribution in [1.82, 2.24) is 14.8 Å². The molecule has 1 fully saturated rings. The maximum Gasteiger partial charge on any atom is 0.158 e. The summed E-state index contributed by atoms with van der Waals surface area (Å²) in [5, 5.41) is 5.83. The zero-order chi connectivity index (χ0) is 19.7. The van der Waals surface area contributed by atoms with Crippen LogP contribution in [0.3, 0.4) is 0 Å². The van der Waals surface area contributed by atoms with E-state index in [0.717, 1.165) is 65.6 Å². The van der Waals surface area contributed by atoms with Gasteiger partial charge in [0.25, 0.3) is 0 Å². The van der Waals surface area contributed by atoms with Crippen LogP contribution < -0.4 is 5.32 Å². The first-order valence-electron chi connectivity index (χ1n) is 9.96. The standard InChI is InChI=1S/C21H29N5OS.2ClH/c1-14(2)20-24-18-19(26-11-10-25(3)15(13-26)9-12-27-4)22-16-7-5-6-8-17(16)23-21(18)28-20;;/h5-8,14-15,23H,9-13H2,1-4H3;2*1H. The number of methoxy groups -OCH3 is 1. The third kappa shape index (κ3) is 5.08. The van der Waals surface area contributed by atoms with Crippen LogP contribution in [0.5, 0.6) is 0 Å². The Morgan fingerprint density at radius 1 is 1.23 bits per heavy atom. The number of thiazole rings is 1. The van der Waals surface area contributed by atoms with Gasteiger partial charge in [-0.15, -0.1) is 36.2 Å². The Morgan fingerprint density at radius 3 is 2.73 bits per heavy atom. The van der Waals surface area contributed by atoms with Crippen LogP contribution in [0.2, 0.25) is 0 Å². The number of hydrogen-bond donors (Lipinski definition) is 1. The van der Waals surface area contributed by atoms with Crippen LogP contribution in [-0.2, 0) is 4.74 Å². The van der Waals surface area contributed by atoms with Gasteiger partial charge in [-0.3, -0.25) is 4.90 Å². The van der Waals surface area contributed by atoms with Crippen molar-refractivity contribution in [2.24, 2.45) is 4.99 Å². The second-order valence-corrected chi connectivity index (χ2v) is 8.85. The Hall–Kier alpha value is -1.38. The number of piperazine rings is 1. The van der Waals surface area contributed by atoms with Crippen LogP contribution in [0.1, 0.15) is 36.9 Å². The zero-order valence-corrected chi connectivity index (χ0v) is 20.4. The molecular weight excluding hydrogens is 441 g/mol. The molecule has 3 heterocycles. The molecule has 1 aromatic carbocycles. The number of nitrogens with zero attached hydrogens (tertiary/aromatic N) is 4. The number of likely N-dealkylation sites (N-methyl/N-ethyl adjacent to an activating group) is 1. The summed E-state index contributed by atoms with van der Waals surface area (Å²) >= 11 is 1.74. The van der Waals surface area contributed by atoms with E-state index in [1.54, 1.807) is 18.4 Å². The van der Waals surface area contributed by atoms with Gasteiger partial charge in [0.2, 0.25) is 0 Å². The minimum Gasteiger partial charge on any atom is -0.385 e. The molecule has 0 amide bonds. The molecule has 2 aliphatic heterocycles. The van der Waals surface area contributed by atoms with Gasteiger partial charge < -0.3 is 15.0 Å². The number of aromatic nitrogens is 1. The van der Waals surface area contributed by atoms with E-state index in [0.29, 0.717) is 12.0 Å². The molecule has 0 bridgehead atoms. The number of anilines is 2.